The second kappa shape index (κ2) is 5.61. The second-order valence-electron chi connectivity index (χ2n) is 5.05. The van der Waals surface area contributed by atoms with E-state index in [1.807, 2.05) is 23.1 Å². The van der Waals surface area contributed by atoms with Crippen LogP contribution in [0.4, 0.5) is 0 Å². The second-order valence-corrected chi connectivity index (χ2v) is 5.97. The van der Waals surface area contributed by atoms with Crippen molar-refractivity contribution in [2.24, 2.45) is 5.92 Å². The Bertz CT molecular complexity index is 476. The van der Waals surface area contributed by atoms with Gasteiger partial charge >= 0.3 is 0 Å². The first-order valence-electron chi connectivity index (χ1n) is 6.60. The van der Waals surface area contributed by atoms with Gasteiger partial charge in [-0.3, -0.25) is 4.79 Å². The number of morpholine rings is 1. The first-order chi connectivity index (χ1) is 9.24. The third-order valence-electron chi connectivity index (χ3n) is 3.73. The lowest BCUT2D eigenvalue weighted by Crippen LogP contribution is -2.54. The van der Waals surface area contributed by atoms with Crippen LogP contribution in [0, 0.1) is 5.92 Å². The predicted octanol–water partition coefficient (Wildman–Crippen LogP) is 1.57. The van der Waals surface area contributed by atoms with E-state index < -0.39 is 0 Å². The van der Waals surface area contributed by atoms with E-state index in [-0.39, 0.29) is 17.9 Å². The van der Waals surface area contributed by atoms with Crippen LogP contribution in [0.15, 0.2) is 28.7 Å². The quantitative estimate of drug-likeness (QED) is 0.897. The summed E-state index contributed by atoms with van der Waals surface area (Å²) < 4.78 is 6.84. The van der Waals surface area contributed by atoms with E-state index in [1.54, 1.807) is 0 Å². The third kappa shape index (κ3) is 2.83. The molecule has 102 valence electrons. The highest BCUT2D eigenvalue weighted by molar-refractivity contribution is 9.10. The summed E-state index contributed by atoms with van der Waals surface area (Å²) in [5.41, 5.74) is 1.12. The molecule has 0 aromatic heterocycles. The fourth-order valence-electron chi connectivity index (χ4n) is 2.48. The number of nitrogens with one attached hydrogen (secondary N) is 1. The van der Waals surface area contributed by atoms with Gasteiger partial charge in [0.2, 0.25) is 5.91 Å². The van der Waals surface area contributed by atoms with Crippen molar-refractivity contribution in [3.05, 3.63) is 34.3 Å². The molecule has 1 aromatic carbocycles. The van der Waals surface area contributed by atoms with E-state index >= 15 is 0 Å². The number of carbonyl (C=O) groups is 1. The van der Waals surface area contributed by atoms with Gasteiger partial charge in [0.15, 0.2) is 0 Å². The molecule has 2 aliphatic heterocycles. The van der Waals surface area contributed by atoms with Crippen molar-refractivity contribution in [2.45, 2.75) is 6.10 Å². The smallest absolute Gasteiger partial charge is 0.228 e. The van der Waals surface area contributed by atoms with Crippen LogP contribution in [0.25, 0.3) is 0 Å². The Morgan fingerprint density at radius 2 is 2.26 bits per heavy atom. The lowest BCUT2D eigenvalue weighted by molar-refractivity contribution is -0.144. The van der Waals surface area contributed by atoms with Gasteiger partial charge in [0.05, 0.1) is 19.1 Å². The van der Waals surface area contributed by atoms with Crippen LogP contribution in [0.2, 0.25) is 0 Å². The van der Waals surface area contributed by atoms with E-state index in [1.165, 1.54) is 0 Å². The van der Waals surface area contributed by atoms with Crippen LogP contribution in [0.3, 0.4) is 0 Å². The lowest BCUT2D eigenvalue weighted by Gasteiger charge is -2.37. The van der Waals surface area contributed by atoms with Crippen LogP contribution in [0.5, 0.6) is 0 Å². The molecular formula is C14H17BrN2O2. The van der Waals surface area contributed by atoms with Crippen LogP contribution < -0.4 is 5.32 Å². The highest BCUT2D eigenvalue weighted by Crippen LogP contribution is 2.25. The molecule has 2 fully saturated rings. The first kappa shape index (κ1) is 13.1. The molecule has 2 saturated heterocycles. The molecule has 0 saturated carbocycles. The van der Waals surface area contributed by atoms with Gasteiger partial charge in [0, 0.05) is 24.1 Å². The number of halogens is 1. The average molecular weight is 325 g/mol. The molecule has 2 heterocycles. The molecule has 2 aliphatic rings. The number of nitrogens with zero attached hydrogens (tertiary/aromatic N) is 1. The van der Waals surface area contributed by atoms with Gasteiger partial charge in [0.1, 0.15) is 6.10 Å². The molecule has 0 bridgehead atoms. The maximum absolute atomic E-state index is 12.2. The zero-order chi connectivity index (χ0) is 13.2. The minimum Gasteiger partial charge on any atom is -0.370 e. The van der Waals surface area contributed by atoms with Crippen molar-refractivity contribution in [3.8, 4) is 0 Å². The summed E-state index contributed by atoms with van der Waals surface area (Å²) in [5, 5.41) is 3.15. The molecule has 5 heteroatoms. The molecule has 1 unspecified atom stereocenters. The Labute approximate surface area is 121 Å². The Morgan fingerprint density at radius 3 is 2.95 bits per heavy atom. The summed E-state index contributed by atoms with van der Waals surface area (Å²) in [6, 6.07) is 8.10. The predicted molar refractivity (Wildman–Crippen MR) is 75.8 cm³/mol. The SMILES string of the molecule is O=C(C1CNC1)N1CCOC(c2cccc(Br)c2)C1. The summed E-state index contributed by atoms with van der Waals surface area (Å²) in [6.07, 6.45) is -0.0109. The molecule has 1 N–H and O–H groups in total. The number of benzene rings is 1. The van der Waals surface area contributed by atoms with Gasteiger partial charge in [-0.25, -0.2) is 0 Å². The van der Waals surface area contributed by atoms with E-state index in [0.717, 1.165) is 23.1 Å². The minimum absolute atomic E-state index is 0.0109. The highest BCUT2D eigenvalue weighted by atomic mass is 79.9. The molecular weight excluding hydrogens is 308 g/mol. The van der Waals surface area contributed by atoms with Crippen molar-refractivity contribution in [3.63, 3.8) is 0 Å². The van der Waals surface area contributed by atoms with Gasteiger partial charge in [0.25, 0.3) is 0 Å². The molecule has 1 aromatic rings. The zero-order valence-corrected chi connectivity index (χ0v) is 12.2. The number of ether oxygens (including phenoxy) is 1. The molecule has 1 amide bonds. The molecule has 1 atom stereocenters. The summed E-state index contributed by atoms with van der Waals surface area (Å²) in [6.45, 7) is 3.62. The monoisotopic (exact) mass is 324 g/mol. The standard InChI is InChI=1S/C14H17BrN2O2/c15-12-3-1-2-10(6-12)13-9-17(4-5-19-13)14(18)11-7-16-8-11/h1-3,6,11,13,16H,4-5,7-9H2. The van der Waals surface area contributed by atoms with Crippen molar-refractivity contribution in [2.75, 3.05) is 32.8 Å². The number of amides is 1. The Balaban J connectivity index is 1.69. The average Bonchev–Trinajstić information content (AvgIpc) is 2.37. The Hall–Kier alpha value is -0.910. The molecule has 3 rings (SSSR count). The van der Waals surface area contributed by atoms with Crippen LogP contribution in [-0.4, -0.2) is 43.6 Å². The van der Waals surface area contributed by atoms with Gasteiger partial charge in [-0.15, -0.1) is 0 Å². The van der Waals surface area contributed by atoms with E-state index in [9.17, 15) is 4.79 Å². The summed E-state index contributed by atoms with van der Waals surface area (Å²) in [5.74, 6) is 0.434. The first-order valence-corrected chi connectivity index (χ1v) is 7.40. The van der Waals surface area contributed by atoms with Crippen LogP contribution in [0.1, 0.15) is 11.7 Å². The van der Waals surface area contributed by atoms with Crippen LogP contribution >= 0.6 is 15.9 Å². The Morgan fingerprint density at radius 1 is 1.42 bits per heavy atom. The zero-order valence-electron chi connectivity index (χ0n) is 10.6. The van der Waals surface area contributed by atoms with Crippen molar-refractivity contribution >= 4 is 21.8 Å². The fraction of sp³-hybridized carbons (Fsp3) is 0.500. The topological polar surface area (TPSA) is 41.6 Å². The van der Waals surface area contributed by atoms with Gasteiger partial charge in [-0.1, -0.05) is 28.1 Å². The molecule has 19 heavy (non-hydrogen) atoms. The van der Waals surface area contributed by atoms with Crippen LogP contribution in [-0.2, 0) is 9.53 Å². The normalized spacial score (nSPS) is 24.1. The lowest BCUT2D eigenvalue weighted by atomic mass is 10.0. The fourth-order valence-corrected chi connectivity index (χ4v) is 2.90. The maximum Gasteiger partial charge on any atom is 0.228 e. The highest BCUT2D eigenvalue weighted by Gasteiger charge is 2.32. The van der Waals surface area contributed by atoms with Gasteiger partial charge < -0.3 is 15.0 Å². The minimum atomic E-state index is -0.0109. The van der Waals surface area contributed by atoms with E-state index in [0.29, 0.717) is 19.7 Å². The maximum atomic E-state index is 12.2. The molecule has 0 radical (unpaired) electrons. The number of hydrogen-bond donors (Lipinski definition) is 1. The number of hydrogen-bond acceptors (Lipinski definition) is 3. The third-order valence-corrected chi connectivity index (χ3v) is 4.22. The summed E-state index contributed by atoms with van der Waals surface area (Å²) >= 11 is 3.47. The molecule has 4 nitrogen and oxygen atoms in total. The van der Waals surface area contributed by atoms with Crippen molar-refractivity contribution in [1.29, 1.82) is 0 Å². The molecule has 0 aliphatic carbocycles. The Kier molecular flexibility index (Phi) is 3.86. The van der Waals surface area contributed by atoms with Gasteiger partial charge in [-0.05, 0) is 17.7 Å². The van der Waals surface area contributed by atoms with E-state index in [4.69, 9.17) is 4.74 Å². The largest absolute Gasteiger partial charge is 0.370 e. The summed E-state index contributed by atoms with van der Waals surface area (Å²) in [4.78, 5) is 14.2. The van der Waals surface area contributed by atoms with Crippen molar-refractivity contribution in [1.82, 2.24) is 10.2 Å². The number of carbonyl (C=O) groups excluding carboxylic acids is 1. The van der Waals surface area contributed by atoms with Gasteiger partial charge in [-0.2, -0.15) is 0 Å². The molecule has 0 spiro atoms. The van der Waals surface area contributed by atoms with E-state index in [2.05, 4.69) is 27.3 Å². The summed E-state index contributed by atoms with van der Waals surface area (Å²) in [7, 11) is 0. The van der Waals surface area contributed by atoms with Crippen molar-refractivity contribution < 1.29 is 9.53 Å². The number of rotatable bonds is 2.